The number of hydrogen-bond donors (Lipinski definition) is 1. The molecule has 0 spiro atoms. The number of nitro groups is 2. The van der Waals surface area contributed by atoms with Crippen molar-refractivity contribution in [3.8, 4) is 0 Å². The van der Waals surface area contributed by atoms with E-state index < -0.39 is 48.5 Å². The summed E-state index contributed by atoms with van der Waals surface area (Å²) in [6.07, 6.45) is 4.74. The monoisotopic (exact) mass is 527 g/mol. The Morgan fingerprint density at radius 3 is 2.14 bits per heavy atom. The van der Waals surface area contributed by atoms with Gasteiger partial charge in [-0.05, 0) is 19.9 Å². The molecule has 2 aromatic rings. The zero-order valence-corrected chi connectivity index (χ0v) is 19.2. The van der Waals surface area contributed by atoms with Gasteiger partial charge >= 0.3 is 23.0 Å². The number of nitrogens with zero attached hydrogens (tertiary/aromatic N) is 4. The standard InChI is InChI=1S/C16H20N5O6.CHF3O3S/c1-16(2,6-9-27-15(22)19-8-7-18(3)11-19)17-12-4-5-13(20(23)24)14(10-12)21(25)26;2-1(3,4)8(5,6)7/h4-5,7-8,10-11,17H,6,9H2,1-3H3;(H,5,6,7)/q+1;/p-1. The zero-order chi connectivity index (χ0) is 27.2. The van der Waals surface area contributed by atoms with Gasteiger partial charge in [0.1, 0.15) is 12.4 Å². The van der Waals surface area contributed by atoms with E-state index in [9.17, 15) is 38.2 Å². The summed E-state index contributed by atoms with van der Waals surface area (Å²) in [6, 6.07) is 3.60. The Kier molecular flexibility index (Phi) is 9.26. The van der Waals surface area contributed by atoms with E-state index in [0.717, 1.165) is 12.1 Å². The Morgan fingerprint density at radius 2 is 1.71 bits per heavy atom. The highest BCUT2D eigenvalue weighted by atomic mass is 32.2. The molecule has 0 radical (unpaired) electrons. The predicted octanol–water partition coefficient (Wildman–Crippen LogP) is 2.45. The number of carbonyl (C=O) groups excluding carboxylic acids is 1. The van der Waals surface area contributed by atoms with E-state index >= 15 is 0 Å². The molecule has 2 rings (SSSR count). The van der Waals surface area contributed by atoms with E-state index in [1.54, 1.807) is 30.3 Å². The van der Waals surface area contributed by atoms with Crippen molar-refractivity contribution in [2.75, 3.05) is 11.9 Å². The van der Waals surface area contributed by atoms with Gasteiger partial charge < -0.3 is 14.6 Å². The summed E-state index contributed by atoms with van der Waals surface area (Å²) in [6.45, 7) is 3.77. The Bertz CT molecular complexity index is 1200. The molecule has 0 aliphatic rings. The lowest BCUT2D eigenvalue weighted by Gasteiger charge is -2.27. The molecule has 0 saturated carbocycles. The summed E-state index contributed by atoms with van der Waals surface area (Å²) in [5, 5.41) is 25.0. The number of aromatic nitrogens is 2. The van der Waals surface area contributed by atoms with Crippen LogP contribution in [0.15, 0.2) is 36.9 Å². The molecule has 1 aromatic heterocycles. The molecule has 0 fully saturated rings. The fourth-order valence-electron chi connectivity index (χ4n) is 2.38. The summed E-state index contributed by atoms with van der Waals surface area (Å²) < 4.78 is 67.1. The predicted molar refractivity (Wildman–Crippen MR) is 110 cm³/mol. The third kappa shape index (κ3) is 9.16. The zero-order valence-electron chi connectivity index (χ0n) is 18.4. The van der Waals surface area contributed by atoms with Crippen LogP contribution in [0.5, 0.6) is 0 Å². The molecular weight excluding hydrogens is 507 g/mol. The quantitative estimate of drug-likeness (QED) is 0.184. The summed E-state index contributed by atoms with van der Waals surface area (Å²) in [4.78, 5) is 32.2. The van der Waals surface area contributed by atoms with Crippen LogP contribution in [0.25, 0.3) is 0 Å². The van der Waals surface area contributed by atoms with Crippen molar-refractivity contribution in [2.24, 2.45) is 7.05 Å². The number of alkyl halides is 3. The van der Waals surface area contributed by atoms with Gasteiger partial charge in [0.05, 0.1) is 23.5 Å². The van der Waals surface area contributed by atoms with Crippen molar-refractivity contribution >= 4 is 33.3 Å². The van der Waals surface area contributed by atoms with E-state index in [1.165, 1.54) is 10.6 Å². The number of rotatable bonds is 7. The fourth-order valence-corrected chi connectivity index (χ4v) is 2.38. The maximum Gasteiger partial charge on any atom is 0.511 e. The van der Waals surface area contributed by atoms with Gasteiger partial charge in [0.15, 0.2) is 10.1 Å². The van der Waals surface area contributed by atoms with Gasteiger partial charge in [-0.2, -0.15) is 18.0 Å². The van der Waals surface area contributed by atoms with Crippen LogP contribution in [0.2, 0.25) is 0 Å². The first-order chi connectivity index (χ1) is 15.8. The van der Waals surface area contributed by atoms with E-state index in [2.05, 4.69) is 5.32 Å². The van der Waals surface area contributed by atoms with Crippen LogP contribution in [0, 0.1) is 20.2 Å². The van der Waals surface area contributed by atoms with E-state index in [4.69, 9.17) is 17.7 Å². The molecule has 0 unspecified atom stereocenters. The van der Waals surface area contributed by atoms with Gasteiger partial charge in [-0.25, -0.2) is 13.0 Å². The number of benzene rings is 1. The topological polar surface area (TPSA) is 191 Å². The molecule has 0 atom stereocenters. The van der Waals surface area contributed by atoms with Crippen molar-refractivity contribution in [3.05, 3.63) is 57.1 Å². The molecular formula is C17H20F3N5O9S. The number of anilines is 1. The van der Waals surface area contributed by atoms with E-state index in [1.807, 2.05) is 13.8 Å². The van der Waals surface area contributed by atoms with Crippen molar-refractivity contribution in [1.29, 1.82) is 0 Å². The second kappa shape index (κ2) is 11.1. The van der Waals surface area contributed by atoms with Gasteiger partial charge in [-0.15, -0.1) is 4.57 Å². The van der Waals surface area contributed by atoms with Gasteiger partial charge in [0.25, 0.3) is 6.33 Å². The SMILES string of the molecule is C[n+]1ccn(C(=O)OCCC(C)(C)Nc2ccc([N+](=O)[O-])c([N+](=O)[O-])c2)c1.O=S(=O)([O-])C(F)(F)F. The first-order valence-corrected chi connectivity index (χ1v) is 10.7. The van der Waals surface area contributed by atoms with Crippen LogP contribution in [0.1, 0.15) is 20.3 Å². The van der Waals surface area contributed by atoms with Gasteiger partial charge in [0.2, 0.25) is 0 Å². The lowest BCUT2D eigenvalue weighted by molar-refractivity contribution is -0.670. The Labute approximate surface area is 196 Å². The summed E-state index contributed by atoms with van der Waals surface area (Å²) in [5.74, 6) is 0. The number of aryl methyl sites for hydroxylation is 1. The largest absolute Gasteiger partial charge is 0.741 e. The minimum absolute atomic E-state index is 0.121. The van der Waals surface area contributed by atoms with Crippen LogP contribution < -0.4 is 9.88 Å². The lowest BCUT2D eigenvalue weighted by Crippen LogP contribution is -2.33. The minimum atomic E-state index is -6.09. The average Bonchev–Trinajstić information content (AvgIpc) is 3.12. The molecule has 1 aromatic carbocycles. The van der Waals surface area contributed by atoms with Gasteiger partial charge in [-0.3, -0.25) is 20.2 Å². The number of hydrogen-bond acceptors (Lipinski definition) is 10. The molecule has 1 heterocycles. The Balaban J connectivity index is 0.000000658. The average molecular weight is 527 g/mol. The Hall–Kier alpha value is -3.80. The van der Waals surface area contributed by atoms with Crippen molar-refractivity contribution in [1.82, 2.24) is 4.57 Å². The van der Waals surface area contributed by atoms with Crippen LogP contribution in [-0.4, -0.2) is 51.1 Å². The number of halogens is 3. The molecule has 35 heavy (non-hydrogen) atoms. The summed E-state index contributed by atoms with van der Waals surface area (Å²) in [5.41, 5.74) is -7.02. The Morgan fingerprint density at radius 1 is 1.17 bits per heavy atom. The van der Waals surface area contributed by atoms with Gasteiger partial charge in [0, 0.05) is 29.8 Å². The number of imidazole rings is 1. The number of ether oxygens (including phenoxy) is 1. The van der Waals surface area contributed by atoms with Gasteiger partial charge in [-0.1, -0.05) is 0 Å². The molecule has 0 saturated heterocycles. The highest BCUT2D eigenvalue weighted by Gasteiger charge is 2.37. The number of nitrogens with one attached hydrogen (secondary N) is 1. The molecule has 1 N–H and O–H groups in total. The molecule has 0 aliphatic carbocycles. The highest BCUT2D eigenvalue weighted by molar-refractivity contribution is 7.86. The summed E-state index contributed by atoms with van der Waals surface area (Å²) in [7, 11) is -4.31. The fraction of sp³-hybridized carbons (Fsp3) is 0.412. The number of carbonyl (C=O) groups is 1. The first kappa shape index (κ1) is 29.2. The third-order valence-electron chi connectivity index (χ3n) is 4.07. The van der Waals surface area contributed by atoms with Crippen LogP contribution >= 0.6 is 0 Å². The lowest BCUT2D eigenvalue weighted by atomic mass is 10.0. The smallest absolute Gasteiger partial charge is 0.511 e. The van der Waals surface area contributed by atoms with E-state index in [0.29, 0.717) is 12.1 Å². The van der Waals surface area contributed by atoms with E-state index in [-0.39, 0.29) is 6.61 Å². The summed E-state index contributed by atoms with van der Waals surface area (Å²) >= 11 is 0. The van der Waals surface area contributed by atoms with Crippen molar-refractivity contribution in [3.63, 3.8) is 0 Å². The molecule has 0 bridgehead atoms. The van der Waals surface area contributed by atoms with Crippen molar-refractivity contribution < 1.29 is 50.1 Å². The second-order valence-electron chi connectivity index (χ2n) is 7.48. The van der Waals surface area contributed by atoms with Crippen LogP contribution in [0.4, 0.5) is 35.0 Å². The molecule has 0 amide bonds. The normalized spacial score (nSPS) is 11.7. The maximum absolute atomic E-state index is 11.9. The molecule has 194 valence electrons. The molecule has 18 heteroatoms. The highest BCUT2D eigenvalue weighted by Crippen LogP contribution is 2.31. The second-order valence-corrected chi connectivity index (χ2v) is 8.85. The van der Waals surface area contributed by atoms with Crippen LogP contribution in [-0.2, 0) is 21.9 Å². The van der Waals surface area contributed by atoms with Crippen molar-refractivity contribution in [2.45, 2.75) is 31.3 Å². The minimum Gasteiger partial charge on any atom is -0.741 e. The third-order valence-corrected chi connectivity index (χ3v) is 4.63. The molecule has 14 nitrogen and oxygen atoms in total. The maximum atomic E-state index is 11.9. The number of nitro benzene ring substituents is 2. The van der Waals surface area contributed by atoms with Crippen LogP contribution in [0.3, 0.4) is 0 Å². The molecule has 0 aliphatic heterocycles. The first-order valence-electron chi connectivity index (χ1n) is 9.27.